The molecule has 0 saturated heterocycles. The van der Waals surface area contributed by atoms with Gasteiger partial charge in [-0.3, -0.25) is 0 Å². The third-order valence-corrected chi connectivity index (χ3v) is 3.03. The predicted octanol–water partition coefficient (Wildman–Crippen LogP) is 4.07. The molecule has 2 aromatic carbocycles. The van der Waals surface area contributed by atoms with E-state index in [1.165, 1.54) is 6.07 Å². The average molecular weight is 255 g/mol. The fourth-order valence-electron chi connectivity index (χ4n) is 1.44. The van der Waals surface area contributed by atoms with Crippen LogP contribution in [0.15, 0.2) is 36.4 Å². The van der Waals surface area contributed by atoms with Crippen LogP contribution >= 0.6 is 23.2 Å². The molecule has 0 aliphatic heterocycles. The van der Waals surface area contributed by atoms with Crippen LogP contribution in [0.1, 0.15) is 0 Å². The second kappa shape index (κ2) is 4.24. The zero-order valence-corrected chi connectivity index (χ0v) is 9.63. The Hall–Kier alpha value is -1.38. The minimum atomic E-state index is -0.395. The second-order valence-corrected chi connectivity index (χ2v) is 4.07. The molecule has 0 saturated carbocycles. The van der Waals surface area contributed by atoms with Gasteiger partial charge in [0.2, 0.25) is 0 Å². The number of phenolic OH excluding ortho intramolecular Hbond substituents is 2. The second-order valence-electron chi connectivity index (χ2n) is 3.28. The van der Waals surface area contributed by atoms with Crippen LogP contribution in [0.25, 0.3) is 11.1 Å². The molecule has 0 aromatic heterocycles. The van der Waals surface area contributed by atoms with Crippen molar-refractivity contribution >= 4 is 23.2 Å². The topological polar surface area (TPSA) is 40.5 Å². The molecule has 2 rings (SSSR count). The molecule has 0 aliphatic rings. The lowest BCUT2D eigenvalue weighted by molar-refractivity contribution is 0.405. The fourth-order valence-corrected chi connectivity index (χ4v) is 1.78. The third-order valence-electron chi connectivity index (χ3n) is 2.25. The van der Waals surface area contributed by atoms with E-state index in [0.29, 0.717) is 5.56 Å². The molecule has 0 amide bonds. The highest BCUT2D eigenvalue weighted by Gasteiger charge is 2.15. The van der Waals surface area contributed by atoms with Gasteiger partial charge < -0.3 is 10.2 Å². The monoisotopic (exact) mass is 254 g/mol. The van der Waals surface area contributed by atoms with Crippen molar-refractivity contribution in [2.24, 2.45) is 0 Å². The number of halogens is 2. The number of hydrogen-bond acceptors (Lipinski definition) is 2. The van der Waals surface area contributed by atoms with Gasteiger partial charge in [0, 0.05) is 5.56 Å². The van der Waals surface area contributed by atoms with Gasteiger partial charge in [-0.2, -0.15) is 0 Å². The summed E-state index contributed by atoms with van der Waals surface area (Å²) in [6.45, 7) is 0. The van der Waals surface area contributed by atoms with Crippen LogP contribution in [0, 0.1) is 0 Å². The Kier molecular flexibility index (Phi) is 2.95. The highest BCUT2D eigenvalue weighted by atomic mass is 35.5. The highest BCUT2D eigenvalue weighted by molar-refractivity contribution is 6.43. The van der Waals surface area contributed by atoms with E-state index in [1.807, 2.05) is 18.2 Å². The van der Waals surface area contributed by atoms with E-state index in [0.717, 1.165) is 5.56 Å². The van der Waals surface area contributed by atoms with E-state index in [4.69, 9.17) is 23.2 Å². The summed E-state index contributed by atoms with van der Waals surface area (Å²) >= 11 is 11.5. The summed E-state index contributed by atoms with van der Waals surface area (Å²) in [5.74, 6) is -0.659. The SMILES string of the molecule is Oc1c(-c2ccccc2)cc(Cl)c(Cl)c1O. The van der Waals surface area contributed by atoms with Crippen molar-refractivity contribution < 1.29 is 10.2 Å². The minimum absolute atomic E-state index is 0.0427. The lowest BCUT2D eigenvalue weighted by Gasteiger charge is -2.09. The number of benzene rings is 2. The Labute approximate surface area is 103 Å². The van der Waals surface area contributed by atoms with Crippen molar-refractivity contribution in [2.45, 2.75) is 0 Å². The van der Waals surface area contributed by atoms with E-state index >= 15 is 0 Å². The predicted molar refractivity (Wildman–Crippen MR) is 65.2 cm³/mol. The zero-order chi connectivity index (χ0) is 11.7. The van der Waals surface area contributed by atoms with Crippen molar-refractivity contribution in [1.29, 1.82) is 0 Å². The minimum Gasteiger partial charge on any atom is -0.504 e. The number of aromatic hydroxyl groups is 2. The molecule has 0 radical (unpaired) electrons. The molecule has 0 aliphatic carbocycles. The lowest BCUT2D eigenvalue weighted by atomic mass is 10.0. The summed E-state index contributed by atoms with van der Waals surface area (Å²) in [6, 6.07) is 10.6. The smallest absolute Gasteiger partial charge is 0.178 e. The van der Waals surface area contributed by atoms with Crippen LogP contribution in [-0.2, 0) is 0 Å². The summed E-state index contributed by atoms with van der Waals surface area (Å²) in [7, 11) is 0. The van der Waals surface area contributed by atoms with Gasteiger partial charge >= 0.3 is 0 Å². The molecule has 2 N–H and O–H groups in total. The maximum atomic E-state index is 9.76. The van der Waals surface area contributed by atoms with Gasteiger partial charge in [-0.15, -0.1) is 0 Å². The standard InChI is InChI=1S/C12H8Cl2O2/c13-9-6-8(7-4-2-1-3-5-7)11(15)12(16)10(9)14/h1-6,15-16H. The van der Waals surface area contributed by atoms with Crippen LogP contribution in [-0.4, -0.2) is 10.2 Å². The molecule has 0 unspecified atom stereocenters. The fraction of sp³-hybridized carbons (Fsp3) is 0. The molecule has 0 heterocycles. The van der Waals surface area contributed by atoms with Gasteiger partial charge in [-0.1, -0.05) is 53.5 Å². The Morgan fingerprint density at radius 3 is 2.12 bits per heavy atom. The molecule has 82 valence electrons. The maximum absolute atomic E-state index is 9.76. The Bertz CT molecular complexity index is 524. The van der Waals surface area contributed by atoms with Crippen LogP contribution < -0.4 is 0 Å². The summed E-state index contributed by atoms with van der Waals surface area (Å²) in [5.41, 5.74) is 1.21. The molecule has 16 heavy (non-hydrogen) atoms. The van der Waals surface area contributed by atoms with Gasteiger partial charge in [0.05, 0.1) is 5.02 Å². The molecule has 2 aromatic rings. The van der Waals surface area contributed by atoms with E-state index in [1.54, 1.807) is 12.1 Å². The van der Waals surface area contributed by atoms with Gasteiger partial charge in [0.25, 0.3) is 0 Å². The number of rotatable bonds is 1. The highest BCUT2D eigenvalue weighted by Crippen LogP contribution is 2.45. The van der Waals surface area contributed by atoms with Crippen molar-refractivity contribution in [3.05, 3.63) is 46.4 Å². The van der Waals surface area contributed by atoms with Crippen molar-refractivity contribution in [3.8, 4) is 22.6 Å². The summed E-state index contributed by atoms with van der Waals surface area (Å²) in [4.78, 5) is 0. The van der Waals surface area contributed by atoms with Crippen molar-refractivity contribution in [3.63, 3.8) is 0 Å². The summed E-state index contributed by atoms with van der Waals surface area (Å²) in [6.07, 6.45) is 0. The molecule has 0 spiro atoms. The first-order valence-electron chi connectivity index (χ1n) is 4.56. The largest absolute Gasteiger partial charge is 0.504 e. The molecular formula is C12H8Cl2O2. The molecule has 2 nitrogen and oxygen atoms in total. The Morgan fingerprint density at radius 1 is 0.875 bits per heavy atom. The molecule has 0 bridgehead atoms. The van der Waals surface area contributed by atoms with Gasteiger partial charge in [0.15, 0.2) is 11.5 Å². The normalized spacial score (nSPS) is 10.4. The average Bonchev–Trinajstić information content (AvgIpc) is 2.32. The van der Waals surface area contributed by atoms with Crippen LogP contribution in [0.2, 0.25) is 10.0 Å². The molecule has 4 heteroatoms. The van der Waals surface area contributed by atoms with Crippen LogP contribution in [0.5, 0.6) is 11.5 Å². The van der Waals surface area contributed by atoms with E-state index in [-0.39, 0.29) is 15.8 Å². The first-order valence-corrected chi connectivity index (χ1v) is 5.32. The van der Waals surface area contributed by atoms with Crippen molar-refractivity contribution in [2.75, 3.05) is 0 Å². The zero-order valence-electron chi connectivity index (χ0n) is 8.11. The molecule has 0 atom stereocenters. The third kappa shape index (κ3) is 1.82. The van der Waals surface area contributed by atoms with Gasteiger partial charge in [-0.25, -0.2) is 0 Å². The summed E-state index contributed by atoms with van der Waals surface area (Å²) < 4.78 is 0. The molecular weight excluding hydrogens is 247 g/mol. The van der Waals surface area contributed by atoms with Gasteiger partial charge in [-0.05, 0) is 11.6 Å². The quantitative estimate of drug-likeness (QED) is 0.754. The Balaban J connectivity index is 2.68. The first-order chi connectivity index (χ1) is 7.61. The Morgan fingerprint density at radius 2 is 1.50 bits per heavy atom. The number of phenols is 2. The number of hydrogen-bond donors (Lipinski definition) is 2. The van der Waals surface area contributed by atoms with E-state index < -0.39 is 5.75 Å². The first kappa shape index (κ1) is 11.1. The summed E-state index contributed by atoms with van der Waals surface area (Å²) in [5, 5.41) is 19.5. The van der Waals surface area contributed by atoms with Crippen molar-refractivity contribution in [1.82, 2.24) is 0 Å². The van der Waals surface area contributed by atoms with Crippen LogP contribution in [0.3, 0.4) is 0 Å². The molecule has 0 fully saturated rings. The van der Waals surface area contributed by atoms with E-state index in [9.17, 15) is 10.2 Å². The van der Waals surface area contributed by atoms with Crippen LogP contribution in [0.4, 0.5) is 0 Å². The lowest BCUT2D eigenvalue weighted by Crippen LogP contribution is -1.82. The maximum Gasteiger partial charge on any atom is 0.178 e. The van der Waals surface area contributed by atoms with E-state index in [2.05, 4.69) is 0 Å². The van der Waals surface area contributed by atoms with Gasteiger partial charge in [0.1, 0.15) is 5.02 Å².